The van der Waals surface area contributed by atoms with Crippen LogP contribution in [-0.4, -0.2) is 19.7 Å². The van der Waals surface area contributed by atoms with Crippen LogP contribution in [0.2, 0.25) is 0 Å². The molecule has 1 rings (SSSR count). The topological polar surface area (TPSA) is 21.3 Å². The van der Waals surface area contributed by atoms with Gasteiger partial charge in [-0.3, -0.25) is 0 Å². The first kappa shape index (κ1) is 16.0. The first-order valence-electron chi connectivity index (χ1n) is 7.45. The lowest BCUT2D eigenvalue weighted by molar-refractivity contribution is 0.294. The van der Waals surface area contributed by atoms with Gasteiger partial charge in [0.15, 0.2) is 0 Å². The van der Waals surface area contributed by atoms with E-state index >= 15 is 0 Å². The molecule has 0 aliphatic carbocycles. The van der Waals surface area contributed by atoms with Crippen LogP contribution in [0.25, 0.3) is 0 Å². The molecule has 2 heteroatoms. The summed E-state index contributed by atoms with van der Waals surface area (Å²) in [7, 11) is 1.75. The zero-order valence-corrected chi connectivity index (χ0v) is 13.1. The molecular formula is C17H29NO. The van der Waals surface area contributed by atoms with Gasteiger partial charge in [-0.25, -0.2) is 0 Å². The van der Waals surface area contributed by atoms with Gasteiger partial charge in [0, 0.05) is 6.04 Å². The van der Waals surface area contributed by atoms with Gasteiger partial charge in [-0.1, -0.05) is 45.9 Å². The SMILES string of the molecule is CCCNC(Cc1ccccc1OC)C(C)C(C)C. The molecule has 19 heavy (non-hydrogen) atoms. The van der Waals surface area contributed by atoms with E-state index in [2.05, 4.69) is 45.1 Å². The lowest BCUT2D eigenvalue weighted by atomic mass is 9.86. The van der Waals surface area contributed by atoms with E-state index < -0.39 is 0 Å². The zero-order chi connectivity index (χ0) is 14.3. The number of hydrogen-bond acceptors (Lipinski definition) is 2. The molecule has 1 aromatic rings. The van der Waals surface area contributed by atoms with Crippen LogP contribution in [0.3, 0.4) is 0 Å². The Labute approximate surface area is 118 Å². The van der Waals surface area contributed by atoms with Gasteiger partial charge in [0.05, 0.1) is 7.11 Å². The van der Waals surface area contributed by atoms with Gasteiger partial charge < -0.3 is 10.1 Å². The molecule has 0 aliphatic rings. The highest BCUT2D eigenvalue weighted by Crippen LogP contribution is 2.23. The average molecular weight is 263 g/mol. The molecule has 108 valence electrons. The highest BCUT2D eigenvalue weighted by Gasteiger charge is 2.21. The van der Waals surface area contributed by atoms with Crippen molar-refractivity contribution in [2.75, 3.05) is 13.7 Å². The summed E-state index contributed by atoms with van der Waals surface area (Å²) in [6.45, 7) is 10.2. The van der Waals surface area contributed by atoms with Crippen molar-refractivity contribution in [3.63, 3.8) is 0 Å². The third-order valence-corrected chi connectivity index (χ3v) is 3.98. The summed E-state index contributed by atoms with van der Waals surface area (Å²) in [4.78, 5) is 0. The van der Waals surface area contributed by atoms with Crippen molar-refractivity contribution in [1.29, 1.82) is 0 Å². The molecule has 0 aromatic heterocycles. The van der Waals surface area contributed by atoms with Crippen molar-refractivity contribution in [3.8, 4) is 5.75 Å². The third kappa shape index (κ3) is 4.87. The van der Waals surface area contributed by atoms with Gasteiger partial charge in [0.1, 0.15) is 5.75 Å². The fourth-order valence-corrected chi connectivity index (χ4v) is 2.35. The largest absolute Gasteiger partial charge is 0.496 e. The van der Waals surface area contributed by atoms with Gasteiger partial charge in [0.2, 0.25) is 0 Å². The van der Waals surface area contributed by atoms with E-state index in [1.165, 1.54) is 12.0 Å². The molecule has 0 fully saturated rings. The highest BCUT2D eigenvalue weighted by molar-refractivity contribution is 5.33. The Balaban J connectivity index is 2.81. The maximum Gasteiger partial charge on any atom is 0.122 e. The van der Waals surface area contributed by atoms with E-state index in [9.17, 15) is 0 Å². The van der Waals surface area contributed by atoms with E-state index in [-0.39, 0.29) is 0 Å². The Hall–Kier alpha value is -1.02. The highest BCUT2D eigenvalue weighted by atomic mass is 16.5. The van der Waals surface area contributed by atoms with Crippen LogP contribution in [0.4, 0.5) is 0 Å². The van der Waals surface area contributed by atoms with Crippen LogP contribution in [0, 0.1) is 11.8 Å². The molecule has 2 unspecified atom stereocenters. The van der Waals surface area contributed by atoms with E-state index in [0.29, 0.717) is 17.9 Å². The molecule has 0 heterocycles. The van der Waals surface area contributed by atoms with Crippen molar-refractivity contribution in [3.05, 3.63) is 29.8 Å². The van der Waals surface area contributed by atoms with E-state index in [0.717, 1.165) is 18.7 Å². The summed E-state index contributed by atoms with van der Waals surface area (Å²) in [6.07, 6.45) is 2.20. The summed E-state index contributed by atoms with van der Waals surface area (Å²) in [5, 5.41) is 3.69. The minimum Gasteiger partial charge on any atom is -0.496 e. The molecule has 1 N–H and O–H groups in total. The molecule has 0 aliphatic heterocycles. The maximum absolute atomic E-state index is 5.46. The summed E-state index contributed by atoms with van der Waals surface area (Å²) in [5.74, 6) is 2.34. The lowest BCUT2D eigenvalue weighted by Crippen LogP contribution is -2.39. The summed E-state index contributed by atoms with van der Waals surface area (Å²) in [5.41, 5.74) is 1.30. The standard InChI is InChI=1S/C17H29NO/c1-6-11-18-16(14(4)13(2)3)12-15-9-7-8-10-17(15)19-5/h7-10,13-14,16,18H,6,11-12H2,1-5H3. The molecule has 0 saturated heterocycles. The van der Waals surface area contributed by atoms with Crippen molar-refractivity contribution >= 4 is 0 Å². The predicted molar refractivity (Wildman–Crippen MR) is 82.8 cm³/mol. The van der Waals surface area contributed by atoms with Crippen LogP contribution in [0.1, 0.15) is 39.7 Å². The molecule has 0 bridgehead atoms. The molecule has 1 aromatic carbocycles. The maximum atomic E-state index is 5.46. The molecule has 0 saturated carbocycles. The van der Waals surface area contributed by atoms with Crippen LogP contribution in [0.5, 0.6) is 5.75 Å². The molecule has 0 spiro atoms. The Kier molecular flexibility index (Phi) is 6.93. The Morgan fingerprint density at radius 2 is 1.84 bits per heavy atom. The summed E-state index contributed by atoms with van der Waals surface area (Å²) >= 11 is 0. The lowest BCUT2D eigenvalue weighted by Gasteiger charge is -2.28. The van der Waals surface area contributed by atoms with Crippen molar-refractivity contribution in [1.82, 2.24) is 5.32 Å². The second-order valence-corrected chi connectivity index (χ2v) is 5.68. The van der Waals surface area contributed by atoms with Gasteiger partial charge in [-0.15, -0.1) is 0 Å². The second-order valence-electron chi connectivity index (χ2n) is 5.68. The van der Waals surface area contributed by atoms with Crippen LogP contribution in [0.15, 0.2) is 24.3 Å². The predicted octanol–water partition coefficient (Wildman–Crippen LogP) is 3.90. The number of nitrogens with one attached hydrogen (secondary N) is 1. The fourth-order valence-electron chi connectivity index (χ4n) is 2.35. The fraction of sp³-hybridized carbons (Fsp3) is 0.647. The monoisotopic (exact) mass is 263 g/mol. The molecule has 0 radical (unpaired) electrons. The summed E-state index contributed by atoms with van der Waals surface area (Å²) < 4.78 is 5.46. The van der Waals surface area contributed by atoms with E-state index in [1.54, 1.807) is 7.11 Å². The van der Waals surface area contributed by atoms with Gasteiger partial charge in [0.25, 0.3) is 0 Å². The molecule has 2 atom stereocenters. The first-order chi connectivity index (χ1) is 9.10. The Morgan fingerprint density at radius 3 is 2.42 bits per heavy atom. The molecule has 0 amide bonds. The average Bonchev–Trinajstić information content (AvgIpc) is 2.42. The summed E-state index contributed by atoms with van der Waals surface area (Å²) in [6, 6.07) is 8.85. The van der Waals surface area contributed by atoms with E-state index in [4.69, 9.17) is 4.74 Å². The number of rotatable bonds is 8. The normalized spacial score (nSPS) is 14.4. The van der Waals surface area contributed by atoms with Crippen LogP contribution < -0.4 is 10.1 Å². The van der Waals surface area contributed by atoms with Gasteiger partial charge in [-0.2, -0.15) is 0 Å². The number of ether oxygens (including phenoxy) is 1. The number of benzene rings is 1. The van der Waals surface area contributed by atoms with Crippen molar-refractivity contribution in [2.45, 2.75) is 46.6 Å². The van der Waals surface area contributed by atoms with Gasteiger partial charge in [-0.05, 0) is 42.9 Å². The van der Waals surface area contributed by atoms with Crippen molar-refractivity contribution in [2.24, 2.45) is 11.8 Å². The van der Waals surface area contributed by atoms with Crippen molar-refractivity contribution < 1.29 is 4.74 Å². The number of hydrogen-bond donors (Lipinski definition) is 1. The third-order valence-electron chi connectivity index (χ3n) is 3.98. The first-order valence-corrected chi connectivity index (χ1v) is 7.45. The smallest absolute Gasteiger partial charge is 0.122 e. The molecule has 2 nitrogen and oxygen atoms in total. The second kappa shape index (κ2) is 8.21. The molecular weight excluding hydrogens is 234 g/mol. The minimum atomic E-state index is 0.510. The van der Waals surface area contributed by atoms with Gasteiger partial charge >= 0.3 is 0 Å². The van der Waals surface area contributed by atoms with E-state index in [1.807, 2.05) is 12.1 Å². The Bertz CT molecular complexity index is 362. The zero-order valence-electron chi connectivity index (χ0n) is 13.1. The quantitative estimate of drug-likeness (QED) is 0.768. The Morgan fingerprint density at radius 1 is 1.16 bits per heavy atom. The minimum absolute atomic E-state index is 0.510. The van der Waals surface area contributed by atoms with Crippen LogP contribution >= 0.6 is 0 Å². The number of methoxy groups -OCH3 is 1. The van der Waals surface area contributed by atoms with Crippen LogP contribution in [-0.2, 0) is 6.42 Å². The number of para-hydroxylation sites is 1.